The summed E-state index contributed by atoms with van der Waals surface area (Å²) in [4.78, 5) is 8.40. The van der Waals surface area contributed by atoms with Gasteiger partial charge in [-0.25, -0.2) is 4.39 Å². The molecule has 1 aromatic carbocycles. The van der Waals surface area contributed by atoms with Crippen LogP contribution in [0.25, 0.3) is 0 Å². The summed E-state index contributed by atoms with van der Waals surface area (Å²) in [5, 5.41) is 14.4. The van der Waals surface area contributed by atoms with E-state index in [1.165, 1.54) is 6.07 Å². The van der Waals surface area contributed by atoms with Gasteiger partial charge in [0.05, 0.1) is 18.5 Å². The smallest absolute Gasteiger partial charge is 0.209 e. The minimum atomic E-state index is -0.314. The number of hydrogen-bond acceptors (Lipinski definition) is 4. The first kappa shape index (κ1) is 21.2. The predicted molar refractivity (Wildman–Crippen MR) is 109 cm³/mol. The maximum Gasteiger partial charge on any atom is 0.209 e. The second kappa shape index (κ2) is 13.1. The van der Waals surface area contributed by atoms with Crippen LogP contribution >= 0.6 is 0 Å². The highest BCUT2D eigenvalue weighted by Gasteiger charge is 2.01. The Morgan fingerprint density at radius 3 is 2.61 bits per heavy atom. The summed E-state index contributed by atoms with van der Waals surface area (Å²) in [7, 11) is 0. The van der Waals surface area contributed by atoms with Crippen molar-refractivity contribution in [1.82, 2.24) is 10.3 Å². The van der Waals surface area contributed by atoms with Gasteiger partial charge in [-0.1, -0.05) is 37.8 Å². The molecule has 2 rings (SSSR count). The second-order valence-electron chi connectivity index (χ2n) is 6.23. The fraction of sp³-hybridized carbons (Fsp3) is 0.381. The van der Waals surface area contributed by atoms with Crippen molar-refractivity contribution >= 4 is 11.6 Å². The van der Waals surface area contributed by atoms with E-state index in [0.29, 0.717) is 24.9 Å². The molecule has 2 N–H and O–H groups in total. The first-order valence-electron chi connectivity index (χ1n) is 9.53. The predicted octanol–water partition coefficient (Wildman–Crippen LogP) is 4.48. The van der Waals surface area contributed by atoms with Gasteiger partial charge in [0.2, 0.25) is 5.96 Å². The van der Waals surface area contributed by atoms with Gasteiger partial charge in [-0.2, -0.15) is 5.26 Å². The number of guanidine groups is 1. The second-order valence-corrected chi connectivity index (χ2v) is 6.23. The molecule has 2 aromatic rings. The van der Waals surface area contributed by atoms with Crippen molar-refractivity contribution in [3.63, 3.8) is 0 Å². The van der Waals surface area contributed by atoms with Crippen molar-refractivity contribution in [2.24, 2.45) is 4.99 Å². The lowest BCUT2D eigenvalue weighted by Gasteiger charge is -2.07. The number of nitrogens with zero attached hydrogens (tertiary/aromatic N) is 3. The van der Waals surface area contributed by atoms with Crippen molar-refractivity contribution in [2.45, 2.75) is 38.5 Å². The highest BCUT2D eigenvalue weighted by molar-refractivity contribution is 5.94. The Labute approximate surface area is 165 Å². The van der Waals surface area contributed by atoms with Crippen LogP contribution < -0.4 is 15.4 Å². The minimum absolute atomic E-state index is 0.314. The molecule has 28 heavy (non-hydrogen) atoms. The van der Waals surface area contributed by atoms with E-state index < -0.39 is 0 Å². The van der Waals surface area contributed by atoms with Gasteiger partial charge < -0.3 is 10.1 Å². The highest BCUT2D eigenvalue weighted by Crippen LogP contribution is 2.16. The molecule has 0 aliphatic rings. The normalized spacial score (nSPS) is 10.9. The number of halogens is 1. The highest BCUT2D eigenvalue weighted by atomic mass is 19.1. The van der Waals surface area contributed by atoms with Crippen LogP contribution in [0.1, 0.15) is 38.5 Å². The van der Waals surface area contributed by atoms with Crippen molar-refractivity contribution in [3.05, 3.63) is 54.6 Å². The van der Waals surface area contributed by atoms with Gasteiger partial charge in [0, 0.05) is 12.7 Å². The maximum absolute atomic E-state index is 13.4. The lowest BCUT2D eigenvalue weighted by Crippen LogP contribution is -2.27. The van der Waals surface area contributed by atoms with E-state index in [9.17, 15) is 4.39 Å². The standard InChI is InChI=1S/C21H26FN5O/c22-19-11-5-6-12-20(19)28-15-8-4-2-1-3-7-14-25-21(26-17-23)27-18-10-9-13-24-16-18/h5-6,9-13,16H,1-4,7-8,14-15H2,(H2,25,26,27). The van der Waals surface area contributed by atoms with Crippen LogP contribution in [-0.2, 0) is 0 Å². The van der Waals surface area contributed by atoms with Crippen molar-refractivity contribution in [2.75, 3.05) is 18.5 Å². The summed E-state index contributed by atoms with van der Waals surface area (Å²) < 4.78 is 18.8. The molecule has 0 spiro atoms. The Balaban J connectivity index is 1.52. The van der Waals surface area contributed by atoms with Crippen LogP contribution in [0.5, 0.6) is 5.75 Å². The Kier molecular flexibility index (Phi) is 9.90. The van der Waals surface area contributed by atoms with E-state index >= 15 is 0 Å². The van der Waals surface area contributed by atoms with Crippen LogP contribution in [0.3, 0.4) is 0 Å². The summed E-state index contributed by atoms with van der Waals surface area (Å²) in [5.41, 5.74) is 0.779. The zero-order valence-corrected chi connectivity index (χ0v) is 15.9. The van der Waals surface area contributed by atoms with E-state index in [1.807, 2.05) is 18.3 Å². The number of benzene rings is 1. The molecule has 6 nitrogen and oxygen atoms in total. The van der Waals surface area contributed by atoms with Crippen LogP contribution in [-0.4, -0.2) is 24.1 Å². The fourth-order valence-corrected chi connectivity index (χ4v) is 2.59. The monoisotopic (exact) mass is 383 g/mol. The number of unbranched alkanes of at least 4 members (excludes halogenated alkanes) is 5. The molecule has 1 heterocycles. The van der Waals surface area contributed by atoms with Crippen LogP contribution in [0, 0.1) is 17.3 Å². The van der Waals surface area contributed by atoms with Crippen molar-refractivity contribution in [1.29, 1.82) is 5.26 Å². The van der Waals surface area contributed by atoms with Gasteiger partial charge in [-0.15, -0.1) is 0 Å². The SMILES string of the molecule is N#CNC(=NCCCCCCCCOc1ccccc1F)Nc1cccnc1. The average Bonchev–Trinajstić information content (AvgIpc) is 2.71. The quantitative estimate of drug-likeness (QED) is 0.197. The molecule has 0 bridgehead atoms. The summed E-state index contributed by atoms with van der Waals surface area (Å²) >= 11 is 0. The Bertz CT molecular complexity index is 761. The number of aliphatic imine (C=N–C) groups is 1. The molecule has 0 fully saturated rings. The molecule has 7 heteroatoms. The molecule has 0 aliphatic carbocycles. The fourth-order valence-electron chi connectivity index (χ4n) is 2.59. The molecule has 0 radical (unpaired) electrons. The summed E-state index contributed by atoms with van der Waals surface area (Å²) in [5.74, 6) is 0.439. The Morgan fingerprint density at radius 2 is 1.86 bits per heavy atom. The lowest BCUT2D eigenvalue weighted by atomic mass is 10.1. The van der Waals surface area contributed by atoms with Gasteiger partial charge in [-0.3, -0.25) is 15.3 Å². The minimum Gasteiger partial charge on any atom is -0.491 e. The molecular weight excluding hydrogens is 357 g/mol. The van der Waals surface area contributed by atoms with Crippen LogP contribution in [0.15, 0.2) is 53.8 Å². The topological polar surface area (TPSA) is 82.3 Å². The molecule has 0 aliphatic heterocycles. The number of nitrogens with one attached hydrogen (secondary N) is 2. The third-order valence-corrected chi connectivity index (χ3v) is 4.02. The molecule has 0 saturated carbocycles. The molecule has 1 aromatic heterocycles. The van der Waals surface area contributed by atoms with E-state index in [-0.39, 0.29) is 5.82 Å². The third kappa shape index (κ3) is 8.49. The Morgan fingerprint density at radius 1 is 1.07 bits per heavy atom. The molecule has 148 valence electrons. The number of hydrogen-bond donors (Lipinski definition) is 2. The lowest BCUT2D eigenvalue weighted by molar-refractivity contribution is 0.290. The first-order chi connectivity index (χ1) is 13.8. The van der Waals surface area contributed by atoms with Gasteiger partial charge >= 0.3 is 0 Å². The van der Waals surface area contributed by atoms with Gasteiger partial charge in [-0.05, 0) is 37.1 Å². The van der Waals surface area contributed by atoms with Crippen LogP contribution in [0.4, 0.5) is 10.1 Å². The van der Waals surface area contributed by atoms with Gasteiger partial charge in [0.25, 0.3) is 0 Å². The molecule has 0 saturated heterocycles. The van der Waals surface area contributed by atoms with E-state index in [1.54, 1.807) is 30.6 Å². The largest absolute Gasteiger partial charge is 0.491 e. The van der Waals surface area contributed by atoms with E-state index in [4.69, 9.17) is 10.00 Å². The number of aromatic nitrogens is 1. The molecule has 0 unspecified atom stereocenters. The molecular formula is C21H26FN5O. The zero-order chi connectivity index (χ0) is 19.9. The molecule has 0 amide bonds. The Hall–Kier alpha value is -3.14. The van der Waals surface area contributed by atoms with Crippen molar-refractivity contribution in [3.8, 4) is 11.9 Å². The third-order valence-electron chi connectivity index (χ3n) is 4.02. The first-order valence-corrected chi connectivity index (χ1v) is 9.53. The summed E-state index contributed by atoms with van der Waals surface area (Å²) in [6.45, 7) is 1.18. The number of nitriles is 1. The number of pyridine rings is 1. The number of rotatable bonds is 11. The van der Waals surface area contributed by atoms with Gasteiger partial charge in [0.1, 0.15) is 0 Å². The summed E-state index contributed by atoms with van der Waals surface area (Å²) in [6.07, 6.45) is 11.5. The van der Waals surface area contributed by atoms with E-state index in [0.717, 1.165) is 44.2 Å². The van der Waals surface area contributed by atoms with Gasteiger partial charge in [0.15, 0.2) is 17.8 Å². The average molecular weight is 383 g/mol. The van der Waals surface area contributed by atoms with Crippen LogP contribution in [0.2, 0.25) is 0 Å². The zero-order valence-electron chi connectivity index (χ0n) is 15.9. The molecule has 0 atom stereocenters. The number of para-hydroxylation sites is 1. The number of ether oxygens (including phenoxy) is 1. The van der Waals surface area contributed by atoms with Crippen molar-refractivity contribution < 1.29 is 9.13 Å². The van der Waals surface area contributed by atoms with E-state index in [2.05, 4.69) is 20.6 Å². The summed E-state index contributed by atoms with van der Waals surface area (Å²) in [6, 6.07) is 10.1. The number of anilines is 1. The maximum atomic E-state index is 13.4.